The maximum Gasteiger partial charge on any atom is 0.0852 e. The molecule has 2 aromatic carbocycles. The van der Waals surface area contributed by atoms with Crippen LogP contribution in [0.15, 0.2) is 60.7 Å². The van der Waals surface area contributed by atoms with Gasteiger partial charge in [0.2, 0.25) is 0 Å². The van der Waals surface area contributed by atoms with Crippen molar-refractivity contribution in [2.24, 2.45) is 0 Å². The van der Waals surface area contributed by atoms with Gasteiger partial charge in [0.1, 0.15) is 0 Å². The molecule has 3 rings (SSSR count). The number of benzene rings is 2. The molecule has 1 fully saturated rings. The summed E-state index contributed by atoms with van der Waals surface area (Å²) in [6.45, 7) is 1.82. The normalized spacial score (nSPS) is 16.3. The Morgan fingerprint density at radius 1 is 0.833 bits per heavy atom. The first-order valence-corrected chi connectivity index (χ1v) is 6.44. The topological polar surface area (TPSA) is 12.5 Å². The second kappa shape index (κ2) is 5.34. The molecule has 0 radical (unpaired) electrons. The van der Waals surface area contributed by atoms with Gasteiger partial charge in [-0.25, -0.2) is 0 Å². The number of rotatable bonds is 3. The summed E-state index contributed by atoms with van der Waals surface area (Å²) >= 11 is 0. The Labute approximate surface area is 108 Å². The molecule has 0 unspecified atom stereocenters. The second-order valence-corrected chi connectivity index (χ2v) is 4.55. The molecule has 0 spiro atoms. The molecular formula is C16H17NO. The van der Waals surface area contributed by atoms with E-state index >= 15 is 0 Å². The first-order chi connectivity index (χ1) is 8.95. The molecule has 18 heavy (non-hydrogen) atoms. The third-order valence-corrected chi connectivity index (χ3v) is 3.30. The summed E-state index contributed by atoms with van der Waals surface area (Å²) in [5, 5.41) is 2.10. The molecule has 1 aliphatic heterocycles. The van der Waals surface area contributed by atoms with Crippen molar-refractivity contribution >= 4 is 0 Å². The van der Waals surface area contributed by atoms with Crippen molar-refractivity contribution in [1.82, 2.24) is 5.06 Å². The van der Waals surface area contributed by atoms with Gasteiger partial charge in [-0.05, 0) is 17.5 Å². The molecule has 0 amide bonds. The average molecular weight is 239 g/mol. The van der Waals surface area contributed by atoms with E-state index in [0.29, 0.717) is 0 Å². The molecule has 92 valence electrons. The van der Waals surface area contributed by atoms with Crippen molar-refractivity contribution in [3.05, 3.63) is 71.8 Å². The van der Waals surface area contributed by atoms with Gasteiger partial charge in [-0.2, -0.15) is 5.06 Å². The summed E-state index contributed by atoms with van der Waals surface area (Å²) in [7, 11) is 0. The van der Waals surface area contributed by atoms with Crippen LogP contribution in [0.4, 0.5) is 0 Å². The van der Waals surface area contributed by atoms with Gasteiger partial charge in [-0.3, -0.25) is 4.84 Å². The lowest BCUT2D eigenvalue weighted by molar-refractivity contribution is -0.132. The molecule has 0 saturated carbocycles. The van der Waals surface area contributed by atoms with Gasteiger partial charge < -0.3 is 0 Å². The number of hydroxylamine groups is 2. The third-order valence-electron chi connectivity index (χ3n) is 3.30. The summed E-state index contributed by atoms with van der Waals surface area (Å²) in [5.74, 6) is 0. The Morgan fingerprint density at radius 2 is 1.39 bits per heavy atom. The van der Waals surface area contributed by atoms with Crippen molar-refractivity contribution in [2.45, 2.75) is 12.5 Å². The largest absolute Gasteiger partial charge is 0.298 e. The highest BCUT2D eigenvalue weighted by atomic mass is 16.7. The Balaban J connectivity index is 1.98. The van der Waals surface area contributed by atoms with Crippen LogP contribution >= 0.6 is 0 Å². The van der Waals surface area contributed by atoms with Crippen LogP contribution in [0.1, 0.15) is 23.6 Å². The molecule has 0 bridgehead atoms. The van der Waals surface area contributed by atoms with E-state index in [1.165, 1.54) is 11.1 Å². The van der Waals surface area contributed by atoms with Crippen LogP contribution in [0.3, 0.4) is 0 Å². The maximum absolute atomic E-state index is 5.76. The highest BCUT2D eigenvalue weighted by Gasteiger charge is 2.25. The zero-order valence-corrected chi connectivity index (χ0v) is 10.3. The average Bonchev–Trinajstić information content (AvgIpc) is 2.95. The Bertz CT molecular complexity index is 437. The predicted octanol–water partition coefficient (Wildman–Crippen LogP) is 3.41. The van der Waals surface area contributed by atoms with Gasteiger partial charge in [0.15, 0.2) is 0 Å². The van der Waals surface area contributed by atoms with Gasteiger partial charge in [-0.1, -0.05) is 60.7 Å². The van der Waals surface area contributed by atoms with Crippen molar-refractivity contribution in [3.8, 4) is 0 Å². The summed E-state index contributed by atoms with van der Waals surface area (Å²) < 4.78 is 0. The van der Waals surface area contributed by atoms with Crippen molar-refractivity contribution in [2.75, 3.05) is 13.2 Å². The minimum absolute atomic E-state index is 0.204. The maximum atomic E-state index is 5.76. The molecule has 2 aromatic rings. The molecule has 0 aliphatic carbocycles. The minimum Gasteiger partial charge on any atom is -0.298 e. The van der Waals surface area contributed by atoms with Crippen LogP contribution in [0, 0.1) is 0 Å². The van der Waals surface area contributed by atoms with E-state index in [4.69, 9.17) is 4.84 Å². The van der Waals surface area contributed by atoms with Crippen LogP contribution in [0.5, 0.6) is 0 Å². The lowest BCUT2D eigenvalue weighted by Crippen LogP contribution is -2.25. The number of hydrogen-bond acceptors (Lipinski definition) is 2. The van der Waals surface area contributed by atoms with Gasteiger partial charge >= 0.3 is 0 Å². The fraction of sp³-hybridized carbons (Fsp3) is 0.250. The minimum atomic E-state index is 0.204. The van der Waals surface area contributed by atoms with E-state index in [9.17, 15) is 0 Å². The van der Waals surface area contributed by atoms with E-state index in [0.717, 1.165) is 19.6 Å². The van der Waals surface area contributed by atoms with Crippen LogP contribution in [0.2, 0.25) is 0 Å². The van der Waals surface area contributed by atoms with Gasteiger partial charge in [0.05, 0.1) is 12.6 Å². The quantitative estimate of drug-likeness (QED) is 0.813. The lowest BCUT2D eigenvalue weighted by Gasteiger charge is -2.26. The first kappa shape index (κ1) is 11.5. The molecule has 1 aliphatic rings. The standard InChI is InChI=1S/C16H17NO/c1-3-8-14(9-4-1)16(17-12-7-13-18-17)15-10-5-2-6-11-15/h1-6,8-11,16H,7,12-13H2. The number of hydrogen-bond donors (Lipinski definition) is 0. The molecular weight excluding hydrogens is 222 g/mol. The van der Waals surface area contributed by atoms with Crippen molar-refractivity contribution in [1.29, 1.82) is 0 Å². The Morgan fingerprint density at radius 3 is 1.83 bits per heavy atom. The second-order valence-electron chi connectivity index (χ2n) is 4.55. The zero-order chi connectivity index (χ0) is 12.2. The molecule has 2 heteroatoms. The van der Waals surface area contributed by atoms with E-state index in [2.05, 4.69) is 65.7 Å². The van der Waals surface area contributed by atoms with Crippen LogP contribution in [-0.4, -0.2) is 18.2 Å². The van der Waals surface area contributed by atoms with Gasteiger partial charge in [0.25, 0.3) is 0 Å². The highest BCUT2D eigenvalue weighted by molar-refractivity contribution is 5.31. The summed E-state index contributed by atoms with van der Waals surface area (Å²) in [5.41, 5.74) is 2.57. The Hall–Kier alpha value is -1.64. The highest BCUT2D eigenvalue weighted by Crippen LogP contribution is 2.30. The van der Waals surface area contributed by atoms with Gasteiger partial charge in [0, 0.05) is 6.54 Å². The first-order valence-electron chi connectivity index (χ1n) is 6.44. The predicted molar refractivity (Wildman–Crippen MR) is 72.0 cm³/mol. The molecule has 0 aromatic heterocycles. The van der Waals surface area contributed by atoms with Crippen LogP contribution in [-0.2, 0) is 4.84 Å². The summed E-state index contributed by atoms with van der Waals surface area (Å²) in [6.07, 6.45) is 1.11. The van der Waals surface area contributed by atoms with E-state index in [1.807, 2.05) is 0 Å². The molecule has 0 N–H and O–H groups in total. The van der Waals surface area contributed by atoms with Crippen molar-refractivity contribution in [3.63, 3.8) is 0 Å². The van der Waals surface area contributed by atoms with Crippen LogP contribution < -0.4 is 0 Å². The molecule has 0 atom stereocenters. The van der Waals surface area contributed by atoms with E-state index < -0.39 is 0 Å². The van der Waals surface area contributed by atoms with E-state index in [1.54, 1.807) is 0 Å². The molecule has 1 saturated heterocycles. The lowest BCUT2D eigenvalue weighted by atomic mass is 9.98. The van der Waals surface area contributed by atoms with Gasteiger partial charge in [-0.15, -0.1) is 0 Å². The van der Waals surface area contributed by atoms with Crippen LogP contribution in [0.25, 0.3) is 0 Å². The van der Waals surface area contributed by atoms with Crippen molar-refractivity contribution < 1.29 is 4.84 Å². The summed E-state index contributed by atoms with van der Waals surface area (Å²) in [4.78, 5) is 5.76. The van der Waals surface area contributed by atoms with E-state index in [-0.39, 0.29) is 6.04 Å². The third kappa shape index (κ3) is 2.30. The SMILES string of the molecule is c1ccc(C(c2ccccc2)N2CCCO2)cc1. The monoisotopic (exact) mass is 239 g/mol. The fourth-order valence-electron chi connectivity index (χ4n) is 2.47. The molecule has 1 heterocycles. The smallest absolute Gasteiger partial charge is 0.0852 e. The molecule has 2 nitrogen and oxygen atoms in total. The number of nitrogens with zero attached hydrogens (tertiary/aromatic N) is 1. The fourth-order valence-corrected chi connectivity index (χ4v) is 2.47. The Kier molecular flexibility index (Phi) is 3.40. The zero-order valence-electron chi connectivity index (χ0n) is 10.3. The summed E-state index contributed by atoms with van der Waals surface area (Å²) in [6, 6.07) is 21.3.